The van der Waals surface area contributed by atoms with Crippen LogP contribution in [0.3, 0.4) is 0 Å². The molecule has 2 atom stereocenters. The standard InChI is InChI=1S/C18H21FN2O4/c1-2-14(22)17(23)20-12-6-8-21(9-7-12)18(24)15-10-11-4-3-5-13(19)16(11)25-15/h2-5,12,14-15,22H,1,6-10H2,(H,20,23). The first kappa shape index (κ1) is 17.4. The van der Waals surface area contributed by atoms with Gasteiger partial charge in [0.15, 0.2) is 23.8 Å². The van der Waals surface area contributed by atoms with Gasteiger partial charge in [0, 0.05) is 31.1 Å². The predicted octanol–water partition coefficient (Wildman–Crippen LogP) is 0.783. The molecule has 1 aromatic carbocycles. The Labute approximate surface area is 145 Å². The monoisotopic (exact) mass is 348 g/mol. The number of likely N-dealkylation sites (tertiary alicyclic amines) is 1. The number of aliphatic hydroxyl groups excluding tert-OH is 1. The molecule has 3 rings (SSSR count). The maximum absolute atomic E-state index is 13.7. The average Bonchev–Trinajstić information content (AvgIpc) is 3.06. The number of fused-ring (bicyclic) bond motifs is 1. The fraction of sp³-hybridized carbons (Fsp3) is 0.444. The summed E-state index contributed by atoms with van der Waals surface area (Å²) in [6, 6.07) is 4.59. The van der Waals surface area contributed by atoms with Crippen molar-refractivity contribution in [2.24, 2.45) is 0 Å². The Kier molecular flexibility index (Phi) is 5.03. The highest BCUT2D eigenvalue weighted by molar-refractivity contribution is 5.83. The van der Waals surface area contributed by atoms with E-state index in [0.29, 0.717) is 37.9 Å². The average molecular weight is 348 g/mol. The van der Waals surface area contributed by atoms with Gasteiger partial charge in [-0.3, -0.25) is 9.59 Å². The molecule has 0 radical (unpaired) electrons. The zero-order valence-electron chi connectivity index (χ0n) is 13.8. The molecule has 134 valence electrons. The van der Waals surface area contributed by atoms with Crippen molar-refractivity contribution in [1.29, 1.82) is 0 Å². The molecule has 2 heterocycles. The van der Waals surface area contributed by atoms with Crippen molar-refractivity contribution in [2.75, 3.05) is 13.1 Å². The van der Waals surface area contributed by atoms with Gasteiger partial charge in [-0.1, -0.05) is 24.8 Å². The molecule has 25 heavy (non-hydrogen) atoms. The van der Waals surface area contributed by atoms with Gasteiger partial charge in [0.25, 0.3) is 11.8 Å². The van der Waals surface area contributed by atoms with E-state index in [1.807, 2.05) is 0 Å². The molecule has 1 fully saturated rings. The Morgan fingerprint density at radius 3 is 2.76 bits per heavy atom. The molecule has 6 nitrogen and oxygen atoms in total. The number of nitrogens with one attached hydrogen (secondary N) is 1. The molecular weight excluding hydrogens is 327 g/mol. The van der Waals surface area contributed by atoms with Crippen LogP contribution in [0.4, 0.5) is 4.39 Å². The lowest BCUT2D eigenvalue weighted by Crippen LogP contribution is -2.51. The second-order valence-corrected chi connectivity index (χ2v) is 6.33. The molecule has 0 saturated carbocycles. The van der Waals surface area contributed by atoms with E-state index in [0.717, 1.165) is 0 Å². The third-order valence-corrected chi connectivity index (χ3v) is 4.63. The maximum atomic E-state index is 13.7. The van der Waals surface area contributed by atoms with E-state index >= 15 is 0 Å². The molecule has 7 heteroatoms. The number of carbonyl (C=O) groups excluding carboxylic acids is 2. The summed E-state index contributed by atoms with van der Waals surface area (Å²) in [5.74, 6) is -0.923. The van der Waals surface area contributed by atoms with Crippen molar-refractivity contribution < 1.29 is 23.8 Å². The topological polar surface area (TPSA) is 78.9 Å². The molecule has 0 spiro atoms. The number of aliphatic hydroxyl groups is 1. The van der Waals surface area contributed by atoms with E-state index < -0.39 is 23.9 Å². The van der Waals surface area contributed by atoms with E-state index in [-0.39, 0.29) is 17.7 Å². The number of ether oxygens (including phenoxy) is 1. The van der Waals surface area contributed by atoms with Crippen LogP contribution in [-0.4, -0.2) is 53.2 Å². The van der Waals surface area contributed by atoms with Crippen LogP contribution in [0.1, 0.15) is 18.4 Å². The van der Waals surface area contributed by atoms with Crippen molar-refractivity contribution in [2.45, 2.75) is 37.5 Å². The fourth-order valence-corrected chi connectivity index (χ4v) is 3.21. The highest BCUT2D eigenvalue weighted by Gasteiger charge is 2.35. The van der Waals surface area contributed by atoms with Crippen molar-refractivity contribution in [1.82, 2.24) is 10.2 Å². The summed E-state index contributed by atoms with van der Waals surface area (Å²) >= 11 is 0. The number of benzene rings is 1. The van der Waals surface area contributed by atoms with Gasteiger partial charge in [0.2, 0.25) is 0 Å². The predicted molar refractivity (Wildman–Crippen MR) is 88.5 cm³/mol. The summed E-state index contributed by atoms with van der Waals surface area (Å²) in [5, 5.41) is 12.1. The number of carbonyl (C=O) groups is 2. The summed E-state index contributed by atoms with van der Waals surface area (Å²) in [5.41, 5.74) is 0.707. The normalized spacial score (nSPS) is 21.2. The van der Waals surface area contributed by atoms with Crippen molar-refractivity contribution in [3.63, 3.8) is 0 Å². The molecule has 2 amide bonds. The van der Waals surface area contributed by atoms with E-state index in [2.05, 4.69) is 11.9 Å². The van der Waals surface area contributed by atoms with Gasteiger partial charge in [-0.2, -0.15) is 0 Å². The largest absolute Gasteiger partial charge is 0.477 e. The van der Waals surface area contributed by atoms with Gasteiger partial charge in [0.05, 0.1) is 0 Å². The number of nitrogens with zero attached hydrogens (tertiary/aromatic N) is 1. The third kappa shape index (κ3) is 3.66. The van der Waals surface area contributed by atoms with Crippen LogP contribution in [0, 0.1) is 5.82 Å². The van der Waals surface area contributed by atoms with E-state index in [1.165, 1.54) is 12.1 Å². The summed E-state index contributed by atoms with van der Waals surface area (Å²) in [6.07, 6.45) is 0.807. The van der Waals surface area contributed by atoms with Gasteiger partial charge in [-0.15, -0.1) is 0 Å². The Balaban J connectivity index is 1.52. The highest BCUT2D eigenvalue weighted by atomic mass is 19.1. The number of hydrogen-bond acceptors (Lipinski definition) is 4. The second kappa shape index (κ2) is 7.23. The van der Waals surface area contributed by atoms with Crippen LogP contribution in [0.2, 0.25) is 0 Å². The summed E-state index contributed by atoms with van der Waals surface area (Å²) < 4.78 is 19.2. The van der Waals surface area contributed by atoms with Gasteiger partial charge >= 0.3 is 0 Å². The molecule has 2 N–H and O–H groups in total. The van der Waals surface area contributed by atoms with Crippen molar-refractivity contribution in [3.8, 4) is 5.75 Å². The molecule has 1 aromatic rings. The zero-order chi connectivity index (χ0) is 18.0. The molecular formula is C18H21FN2O4. The van der Waals surface area contributed by atoms with Crippen LogP contribution >= 0.6 is 0 Å². The summed E-state index contributed by atoms with van der Waals surface area (Å²) in [7, 11) is 0. The lowest BCUT2D eigenvalue weighted by molar-refractivity contribution is -0.139. The Morgan fingerprint density at radius 1 is 1.40 bits per heavy atom. The van der Waals surface area contributed by atoms with E-state index in [9.17, 15) is 19.1 Å². The second-order valence-electron chi connectivity index (χ2n) is 6.33. The molecule has 2 aliphatic heterocycles. The number of amides is 2. The zero-order valence-corrected chi connectivity index (χ0v) is 13.8. The van der Waals surface area contributed by atoms with Crippen LogP contribution in [0.15, 0.2) is 30.9 Å². The minimum atomic E-state index is -1.22. The van der Waals surface area contributed by atoms with E-state index in [1.54, 1.807) is 17.0 Å². The molecule has 0 bridgehead atoms. The van der Waals surface area contributed by atoms with Crippen LogP contribution < -0.4 is 10.1 Å². The molecule has 2 aliphatic rings. The van der Waals surface area contributed by atoms with Crippen molar-refractivity contribution >= 4 is 11.8 Å². The van der Waals surface area contributed by atoms with Crippen LogP contribution in [-0.2, 0) is 16.0 Å². The number of halogens is 1. The molecule has 2 unspecified atom stereocenters. The fourth-order valence-electron chi connectivity index (χ4n) is 3.21. The number of hydrogen-bond donors (Lipinski definition) is 2. The van der Waals surface area contributed by atoms with Gasteiger partial charge in [0.1, 0.15) is 0 Å². The number of para-hydroxylation sites is 1. The van der Waals surface area contributed by atoms with Crippen LogP contribution in [0.25, 0.3) is 0 Å². The first-order chi connectivity index (χ1) is 12.0. The Bertz CT molecular complexity index is 686. The molecule has 0 aliphatic carbocycles. The minimum absolute atomic E-state index is 0.0923. The smallest absolute Gasteiger partial charge is 0.264 e. The van der Waals surface area contributed by atoms with Crippen LogP contribution in [0.5, 0.6) is 5.75 Å². The minimum Gasteiger partial charge on any atom is -0.477 e. The van der Waals surface area contributed by atoms with Gasteiger partial charge in [-0.25, -0.2) is 4.39 Å². The first-order valence-electron chi connectivity index (χ1n) is 8.33. The lowest BCUT2D eigenvalue weighted by atomic mass is 10.0. The summed E-state index contributed by atoms with van der Waals surface area (Å²) in [6.45, 7) is 4.33. The SMILES string of the molecule is C=CC(O)C(=O)NC1CCN(C(=O)C2Cc3cccc(F)c3O2)CC1. The summed E-state index contributed by atoms with van der Waals surface area (Å²) in [4.78, 5) is 25.9. The molecule has 0 aromatic heterocycles. The Hall–Kier alpha value is -2.41. The first-order valence-corrected chi connectivity index (χ1v) is 8.33. The maximum Gasteiger partial charge on any atom is 0.264 e. The Morgan fingerprint density at radius 2 is 2.12 bits per heavy atom. The van der Waals surface area contributed by atoms with Gasteiger partial charge in [-0.05, 0) is 18.9 Å². The third-order valence-electron chi connectivity index (χ3n) is 4.63. The number of piperidine rings is 1. The molecule has 1 saturated heterocycles. The number of rotatable bonds is 4. The van der Waals surface area contributed by atoms with Crippen molar-refractivity contribution in [3.05, 3.63) is 42.2 Å². The quantitative estimate of drug-likeness (QED) is 0.789. The lowest BCUT2D eigenvalue weighted by Gasteiger charge is -2.33. The van der Waals surface area contributed by atoms with E-state index in [4.69, 9.17) is 4.74 Å². The van der Waals surface area contributed by atoms with Gasteiger partial charge < -0.3 is 20.1 Å². The highest BCUT2D eigenvalue weighted by Crippen LogP contribution is 2.32.